The second kappa shape index (κ2) is 69.4. The van der Waals surface area contributed by atoms with Crippen molar-refractivity contribution in [1.29, 1.82) is 0 Å². The number of aliphatic hydroxyl groups is 1. The van der Waals surface area contributed by atoms with Crippen LogP contribution in [0, 0.1) is 17.8 Å². The zero-order chi connectivity index (χ0) is 72.3. The maximum atomic E-state index is 13.1. The molecule has 0 fully saturated rings. The number of carbonyl (C=O) groups excluding carboxylic acids is 4. The van der Waals surface area contributed by atoms with Crippen LogP contribution in [0.1, 0.15) is 408 Å². The van der Waals surface area contributed by atoms with Gasteiger partial charge in [-0.3, -0.25) is 37.3 Å². The van der Waals surface area contributed by atoms with Crippen molar-refractivity contribution in [3.8, 4) is 0 Å². The molecule has 0 aromatic rings. The van der Waals surface area contributed by atoms with Crippen molar-refractivity contribution in [1.82, 2.24) is 0 Å². The first-order chi connectivity index (χ1) is 47.3. The van der Waals surface area contributed by atoms with E-state index in [0.29, 0.717) is 25.7 Å². The lowest BCUT2D eigenvalue weighted by molar-refractivity contribution is -0.161. The molecule has 4 unspecified atom stereocenters. The first kappa shape index (κ1) is 96.1. The Kier molecular flexibility index (Phi) is 68.1. The second-order valence-corrected chi connectivity index (χ2v) is 32.3. The third-order valence-corrected chi connectivity index (χ3v) is 21.0. The van der Waals surface area contributed by atoms with E-state index in [2.05, 4.69) is 48.5 Å². The summed E-state index contributed by atoms with van der Waals surface area (Å²) in [5.41, 5.74) is 0. The minimum absolute atomic E-state index is 0.102. The number of ether oxygens (including phenoxy) is 4. The van der Waals surface area contributed by atoms with E-state index in [1.54, 1.807) is 0 Å². The normalized spacial score (nSPS) is 14.6. The molecule has 0 aliphatic rings. The number of hydrogen-bond donors (Lipinski definition) is 3. The van der Waals surface area contributed by atoms with E-state index in [9.17, 15) is 43.2 Å². The predicted octanol–water partition coefficient (Wildman–Crippen LogP) is 23.4. The highest BCUT2D eigenvalue weighted by Crippen LogP contribution is 2.45. The molecule has 0 saturated carbocycles. The molecular weight excluding hydrogens is 1280 g/mol. The summed E-state index contributed by atoms with van der Waals surface area (Å²) in [5, 5.41) is 10.6. The Labute approximate surface area is 600 Å². The Morgan fingerprint density at radius 2 is 0.520 bits per heavy atom. The molecule has 98 heavy (non-hydrogen) atoms. The monoisotopic (exact) mass is 1440 g/mol. The number of esters is 4. The molecule has 0 rings (SSSR count). The number of carbonyl (C=O) groups is 4. The molecule has 0 amide bonds. The lowest BCUT2D eigenvalue weighted by Gasteiger charge is -2.21. The molecule has 0 spiro atoms. The maximum absolute atomic E-state index is 13.1. The fourth-order valence-corrected chi connectivity index (χ4v) is 13.6. The van der Waals surface area contributed by atoms with Gasteiger partial charge in [0.2, 0.25) is 0 Å². The van der Waals surface area contributed by atoms with E-state index in [1.165, 1.54) is 212 Å². The zero-order valence-electron chi connectivity index (χ0n) is 64.3. The maximum Gasteiger partial charge on any atom is 0.472 e. The molecule has 0 bridgehead atoms. The molecule has 0 saturated heterocycles. The summed E-state index contributed by atoms with van der Waals surface area (Å²) in [6.07, 6.45) is 57.1. The van der Waals surface area contributed by atoms with Crippen molar-refractivity contribution in [3.63, 3.8) is 0 Å². The van der Waals surface area contributed by atoms with Crippen molar-refractivity contribution in [2.75, 3.05) is 39.6 Å². The van der Waals surface area contributed by atoms with Gasteiger partial charge in [0.1, 0.15) is 19.3 Å². The summed E-state index contributed by atoms with van der Waals surface area (Å²) in [6, 6.07) is 0. The Balaban J connectivity index is 5.21. The highest BCUT2D eigenvalue weighted by atomic mass is 31.2. The first-order valence-corrected chi connectivity index (χ1v) is 43.9. The van der Waals surface area contributed by atoms with Gasteiger partial charge in [0, 0.05) is 25.7 Å². The molecule has 19 heteroatoms. The molecule has 3 N–H and O–H groups in total. The number of rotatable bonds is 77. The minimum Gasteiger partial charge on any atom is -0.462 e. The van der Waals surface area contributed by atoms with E-state index in [4.69, 9.17) is 37.0 Å². The van der Waals surface area contributed by atoms with Gasteiger partial charge in [0.25, 0.3) is 0 Å². The van der Waals surface area contributed by atoms with Gasteiger partial charge in [-0.25, -0.2) is 9.13 Å². The lowest BCUT2D eigenvalue weighted by Crippen LogP contribution is -2.30. The number of phosphoric ester groups is 2. The van der Waals surface area contributed by atoms with Crippen molar-refractivity contribution in [2.24, 2.45) is 17.8 Å². The third-order valence-electron chi connectivity index (χ3n) is 19.1. The zero-order valence-corrected chi connectivity index (χ0v) is 66.0. The highest BCUT2D eigenvalue weighted by molar-refractivity contribution is 7.47. The summed E-state index contributed by atoms with van der Waals surface area (Å²) in [7, 11) is -9.92. The highest BCUT2D eigenvalue weighted by Gasteiger charge is 2.30. The SMILES string of the molecule is CCCCCCCCCCCCCCCCCCCCCC(=O)OC[C@H](COP(=O)(O)OC[C@@H](O)COP(=O)(O)OC[C@@H](COC(=O)CCCCCCCCC(C)CC)OC(=O)CCCCCCCCC(C)CC)OC(=O)CCCCCCCCCCCCCCCCCCC(C)C. The van der Waals surface area contributed by atoms with E-state index in [-0.39, 0.29) is 25.7 Å². The largest absolute Gasteiger partial charge is 0.472 e. The van der Waals surface area contributed by atoms with E-state index in [0.717, 1.165) is 114 Å². The summed E-state index contributed by atoms with van der Waals surface area (Å²) in [6.45, 7) is 11.9. The Morgan fingerprint density at radius 3 is 0.776 bits per heavy atom. The molecule has 0 radical (unpaired) electrons. The van der Waals surface area contributed by atoms with E-state index < -0.39 is 97.5 Å². The lowest BCUT2D eigenvalue weighted by atomic mass is 10.00. The van der Waals surface area contributed by atoms with Crippen molar-refractivity contribution < 1.29 is 80.2 Å². The number of hydrogen-bond acceptors (Lipinski definition) is 15. The molecule has 582 valence electrons. The van der Waals surface area contributed by atoms with Crippen LogP contribution in [0.5, 0.6) is 0 Å². The van der Waals surface area contributed by atoms with Crippen LogP contribution >= 0.6 is 15.6 Å². The van der Waals surface area contributed by atoms with Gasteiger partial charge in [-0.15, -0.1) is 0 Å². The predicted molar refractivity (Wildman–Crippen MR) is 400 cm³/mol. The Morgan fingerprint density at radius 1 is 0.296 bits per heavy atom. The molecule has 0 aliphatic heterocycles. The van der Waals surface area contributed by atoms with Gasteiger partial charge in [0.15, 0.2) is 12.2 Å². The molecular formula is C79H154O17P2. The quantitative estimate of drug-likeness (QED) is 0.0222. The van der Waals surface area contributed by atoms with Gasteiger partial charge in [-0.05, 0) is 43.4 Å². The standard InChI is InChI=1S/C79H154O17P2/c1-8-11-12-13-14-15-16-17-18-19-20-21-25-28-31-34-37-46-53-60-76(81)89-66-74(95-78(83)62-55-48-38-35-32-29-26-23-22-24-27-30-33-36-43-50-57-70(4)5)68-93-97(85,86)91-64-73(80)65-92-98(87,88)94-69-75(96-79(84)63-56-49-42-40-45-52-59-72(7)10-3)67-90-77(82)61-54-47-41-39-44-51-58-71(6)9-2/h70-75,80H,8-69H2,1-7H3,(H,85,86)(H,87,88)/t71?,72?,73-,74-,75-/m1/s1. The van der Waals surface area contributed by atoms with E-state index in [1.807, 2.05) is 0 Å². The van der Waals surface area contributed by atoms with Crippen molar-refractivity contribution in [3.05, 3.63) is 0 Å². The molecule has 0 aromatic carbocycles. The summed E-state index contributed by atoms with van der Waals surface area (Å²) in [5.74, 6) is 0.141. The van der Waals surface area contributed by atoms with Gasteiger partial charge in [-0.1, -0.05) is 357 Å². The van der Waals surface area contributed by atoms with Gasteiger partial charge in [-0.2, -0.15) is 0 Å². The average molecular weight is 1440 g/mol. The van der Waals surface area contributed by atoms with Crippen LogP contribution in [0.4, 0.5) is 0 Å². The number of aliphatic hydroxyl groups excluding tert-OH is 1. The van der Waals surface area contributed by atoms with Crippen LogP contribution in [0.2, 0.25) is 0 Å². The Hall–Kier alpha value is -1.94. The van der Waals surface area contributed by atoms with Crippen LogP contribution in [0.3, 0.4) is 0 Å². The molecule has 17 nitrogen and oxygen atoms in total. The van der Waals surface area contributed by atoms with Crippen LogP contribution < -0.4 is 0 Å². The summed E-state index contributed by atoms with van der Waals surface area (Å²) >= 11 is 0. The third kappa shape index (κ3) is 69.8. The fraction of sp³-hybridized carbons (Fsp3) is 0.949. The second-order valence-electron chi connectivity index (χ2n) is 29.4. The molecule has 0 aromatic heterocycles. The van der Waals surface area contributed by atoms with E-state index >= 15 is 0 Å². The first-order valence-electron chi connectivity index (χ1n) is 40.9. The van der Waals surface area contributed by atoms with Crippen LogP contribution in [0.25, 0.3) is 0 Å². The smallest absolute Gasteiger partial charge is 0.462 e. The molecule has 0 heterocycles. The summed E-state index contributed by atoms with van der Waals surface area (Å²) < 4.78 is 68.6. The van der Waals surface area contributed by atoms with Crippen LogP contribution in [-0.2, 0) is 65.4 Å². The molecule has 0 aliphatic carbocycles. The van der Waals surface area contributed by atoms with Gasteiger partial charge in [0.05, 0.1) is 26.4 Å². The number of phosphoric acid groups is 2. The minimum atomic E-state index is -4.96. The van der Waals surface area contributed by atoms with Crippen molar-refractivity contribution in [2.45, 2.75) is 426 Å². The topological polar surface area (TPSA) is 237 Å². The van der Waals surface area contributed by atoms with Crippen molar-refractivity contribution >= 4 is 39.5 Å². The van der Waals surface area contributed by atoms with Crippen LogP contribution in [0.15, 0.2) is 0 Å². The summed E-state index contributed by atoms with van der Waals surface area (Å²) in [4.78, 5) is 72.9. The average Bonchev–Trinajstić information content (AvgIpc) is 1.04. The number of unbranched alkanes of at least 4 members (excludes halogenated alkanes) is 43. The van der Waals surface area contributed by atoms with Gasteiger partial charge < -0.3 is 33.8 Å². The fourth-order valence-electron chi connectivity index (χ4n) is 12.1. The molecule has 7 atom stereocenters. The Bertz CT molecular complexity index is 1910. The van der Waals surface area contributed by atoms with Gasteiger partial charge >= 0.3 is 39.5 Å². The van der Waals surface area contributed by atoms with Crippen LogP contribution in [-0.4, -0.2) is 96.7 Å².